The van der Waals surface area contributed by atoms with Gasteiger partial charge < -0.3 is 10.4 Å². The van der Waals surface area contributed by atoms with Crippen molar-refractivity contribution in [3.63, 3.8) is 0 Å². The molecule has 22 heavy (non-hydrogen) atoms. The second-order valence-corrected chi connectivity index (χ2v) is 8.08. The smallest absolute Gasteiger partial charge is 0.304 e. The molecule has 0 fully saturated rings. The SMILES string of the molecule is CCS(=O)(=O)CC(=O)Nc1cccc(CSCCC(=O)O)c1. The summed E-state index contributed by atoms with van der Waals surface area (Å²) >= 11 is 1.49. The molecule has 0 aliphatic rings. The van der Waals surface area contributed by atoms with E-state index in [1.807, 2.05) is 6.07 Å². The van der Waals surface area contributed by atoms with Gasteiger partial charge in [0, 0.05) is 22.9 Å². The van der Waals surface area contributed by atoms with Crippen molar-refractivity contribution in [2.45, 2.75) is 19.1 Å². The minimum atomic E-state index is -3.35. The van der Waals surface area contributed by atoms with Gasteiger partial charge in [0.2, 0.25) is 5.91 Å². The maximum absolute atomic E-state index is 11.7. The molecule has 122 valence electrons. The molecule has 0 bridgehead atoms. The Morgan fingerprint density at radius 2 is 2.05 bits per heavy atom. The van der Waals surface area contributed by atoms with E-state index < -0.39 is 27.5 Å². The van der Waals surface area contributed by atoms with E-state index in [4.69, 9.17) is 5.11 Å². The zero-order valence-corrected chi connectivity index (χ0v) is 13.9. The third-order valence-electron chi connectivity index (χ3n) is 2.73. The average molecular weight is 345 g/mol. The van der Waals surface area contributed by atoms with Gasteiger partial charge in [0.25, 0.3) is 0 Å². The molecule has 0 atom stereocenters. The molecule has 0 heterocycles. The highest BCUT2D eigenvalue weighted by molar-refractivity contribution is 7.98. The summed E-state index contributed by atoms with van der Waals surface area (Å²) in [4.78, 5) is 22.1. The summed E-state index contributed by atoms with van der Waals surface area (Å²) in [5.74, 6) is -0.838. The van der Waals surface area contributed by atoms with Crippen molar-refractivity contribution in [2.75, 3.05) is 22.6 Å². The van der Waals surface area contributed by atoms with E-state index in [0.29, 0.717) is 17.2 Å². The van der Waals surface area contributed by atoms with Gasteiger partial charge in [-0.3, -0.25) is 9.59 Å². The first-order valence-corrected chi connectivity index (χ1v) is 9.69. The first-order chi connectivity index (χ1) is 10.3. The number of amides is 1. The lowest BCUT2D eigenvalue weighted by Crippen LogP contribution is -2.23. The predicted molar refractivity (Wildman–Crippen MR) is 87.8 cm³/mol. The number of carboxylic acids is 1. The topological polar surface area (TPSA) is 101 Å². The van der Waals surface area contributed by atoms with E-state index in [1.54, 1.807) is 18.2 Å². The maximum Gasteiger partial charge on any atom is 0.304 e. The molecule has 0 aromatic heterocycles. The third kappa shape index (κ3) is 7.46. The lowest BCUT2D eigenvalue weighted by Gasteiger charge is -2.07. The molecular formula is C14H19NO5S2. The number of carbonyl (C=O) groups excluding carboxylic acids is 1. The Balaban J connectivity index is 2.53. The van der Waals surface area contributed by atoms with Crippen molar-refractivity contribution >= 4 is 39.2 Å². The molecule has 0 aliphatic heterocycles. The van der Waals surface area contributed by atoms with E-state index in [0.717, 1.165) is 5.56 Å². The molecule has 0 aliphatic carbocycles. The highest BCUT2D eigenvalue weighted by Gasteiger charge is 2.14. The van der Waals surface area contributed by atoms with E-state index in [-0.39, 0.29) is 12.2 Å². The van der Waals surface area contributed by atoms with Crippen LogP contribution in [0.1, 0.15) is 18.9 Å². The Labute approximate surface area is 134 Å². The van der Waals surface area contributed by atoms with Crippen LogP contribution in [-0.4, -0.2) is 42.7 Å². The van der Waals surface area contributed by atoms with Crippen molar-refractivity contribution in [3.8, 4) is 0 Å². The third-order valence-corrected chi connectivity index (χ3v) is 5.34. The molecule has 6 nitrogen and oxygen atoms in total. The summed E-state index contributed by atoms with van der Waals surface area (Å²) in [6.45, 7) is 1.50. The maximum atomic E-state index is 11.7. The van der Waals surface area contributed by atoms with E-state index >= 15 is 0 Å². The average Bonchev–Trinajstić information content (AvgIpc) is 2.43. The lowest BCUT2D eigenvalue weighted by atomic mass is 10.2. The van der Waals surface area contributed by atoms with Crippen molar-refractivity contribution in [1.82, 2.24) is 0 Å². The van der Waals surface area contributed by atoms with Gasteiger partial charge in [0.15, 0.2) is 9.84 Å². The van der Waals surface area contributed by atoms with Crippen LogP contribution in [0.4, 0.5) is 5.69 Å². The van der Waals surface area contributed by atoms with Crippen LogP contribution in [0, 0.1) is 0 Å². The number of benzene rings is 1. The van der Waals surface area contributed by atoms with Gasteiger partial charge >= 0.3 is 5.97 Å². The molecule has 0 saturated heterocycles. The van der Waals surface area contributed by atoms with Gasteiger partial charge in [-0.05, 0) is 17.7 Å². The Morgan fingerprint density at radius 3 is 2.68 bits per heavy atom. The van der Waals surface area contributed by atoms with Crippen LogP contribution in [-0.2, 0) is 25.2 Å². The summed E-state index contributed by atoms with van der Waals surface area (Å²) in [5.41, 5.74) is 1.47. The number of thioether (sulfide) groups is 1. The van der Waals surface area contributed by atoms with Crippen LogP contribution in [0.2, 0.25) is 0 Å². The molecule has 1 aromatic carbocycles. The van der Waals surface area contributed by atoms with Gasteiger partial charge in [-0.1, -0.05) is 19.1 Å². The molecule has 8 heteroatoms. The van der Waals surface area contributed by atoms with Crippen LogP contribution >= 0.6 is 11.8 Å². The summed E-state index contributed by atoms with van der Waals surface area (Å²) < 4.78 is 22.8. The Morgan fingerprint density at radius 1 is 1.32 bits per heavy atom. The van der Waals surface area contributed by atoms with Crippen molar-refractivity contribution in [1.29, 1.82) is 0 Å². The monoisotopic (exact) mass is 345 g/mol. The van der Waals surface area contributed by atoms with Gasteiger partial charge in [-0.15, -0.1) is 0 Å². The van der Waals surface area contributed by atoms with Gasteiger partial charge in [-0.2, -0.15) is 11.8 Å². The molecule has 1 rings (SSSR count). The number of nitrogens with one attached hydrogen (secondary N) is 1. The Hall–Kier alpha value is -1.54. The summed E-state index contributed by atoms with van der Waals surface area (Å²) in [6.07, 6.45) is 0.107. The number of sulfone groups is 1. The Kier molecular flexibility index (Phi) is 7.40. The fraction of sp³-hybridized carbons (Fsp3) is 0.429. The second-order valence-electron chi connectivity index (χ2n) is 4.62. The second kappa shape index (κ2) is 8.79. The van der Waals surface area contributed by atoms with Crippen LogP contribution in [0.25, 0.3) is 0 Å². The normalized spacial score (nSPS) is 11.1. The van der Waals surface area contributed by atoms with Crippen molar-refractivity contribution in [3.05, 3.63) is 29.8 Å². The number of hydrogen-bond donors (Lipinski definition) is 2. The van der Waals surface area contributed by atoms with Crippen LogP contribution in [0.3, 0.4) is 0 Å². The minimum absolute atomic E-state index is 0.0688. The van der Waals surface area contributed by atoms with Gasteiger partial charge in [0.1, 0.15) is 5.75 Å². The summed E-state index contributed by atoms with van der Waals surface area (Å²) in [6, 6.07) is 7.06. The highest BCUT2D eigenvalue weighted by Crippen LogP contribution is 2.17. The fourth-order valence-corrected chi connectivity index (χ4v) is 3.14. The van der Waals surface area contributed by atoms with Crippen LogP contribution in [0.15, 0.2) is 24.3 Å². The van der Waals surface area contributed by atoms with Crippen molar-refractivity contribution < 1.29 is 23.1 Å². The molecule has 0 spiro atoms. The molecule has 0 unspecified atom stereocenters. The number of aliphatic carboxylic acids is 1. The van der Waals surface area contributed by atoms with Crippen molar-refractivity contribution in [2.24, 2.45) is 0 Å². The fourth-order valence-electron chi connectivity index (χ4n) is 1.59. The quantitative estimate of drug-likeness (QED) is 0.662. The van der Waals surface area contributed by atoms with Gasteiger partial charge in [-0.25, -0.2) is 8.42 Å². The molecule has 1 aromatic rings. The molecule has 2 N–H and O–H groups in total. The number of anilines is 1. The molecule has 1 amide bonds. The minimum Gasteiger partial charge on any atom is -0.481 e. The van der Waals surface area contributed by atoms with E-state index in [9.17, 15) is 18.0 Å². The predicted octanol–water partition coefficient (Wildman–Crippen LogP) is 1.77. The van der Waals surface area contributed by atoms with E-state index in [2.05, 4.69) is 5.32 Å². The molecule has 0 radical (unpaired) electrons. The van der Waals surface area contributed by atoms with Gasteiger partial charge in [0.05, 0.1) is 6.42 Å². The molecule has 0 saturated carbocycles. The standard InChI is InChI=1S/C14H19NO5S2/c1-2-22(19,20)10-13(16)15-12-5-3-4-11(8-12)9-21-7-6-14(17)18/h3-5,8H,2,6-7,9-10H2,1H3,(H,15,16)(H,17,18). The van der Waals surface area contributed by atoms with Crippen LogP contribution in [0.5, 0.6) is 0 Å². The summed E-state index contributed by atoms with van der Waals surface area (Å²) in [7, 11) is -3.35. The number of carbonyl (C=O) groups is 2. The number of hydrogen-bond acceptors (Lipinski definition) is 5. The van der Waals surface area contributed by atoms with E-state index in [1.165, 1.54) is 18.7 Å². The molecular weight excluding hydrogens is 326 g/mol. The Bertz CT molecular complexity index is 628. The number of rotatable bonds is 9. The highest BCUT2D eigenvalue weighted by atomic mass is 32.2. The summed E-state index contributed by atoms with van der Waals surface area (Å²) in [5, 5.41) is 11.1. The zero-order valence-electron chi connectivity index (χ0n) is 12.2. The lowest BCUT2D eigenvalue weighted by molar-refractivity contribution is -0.136. The number of carboxylic acid groups (broad SMARTS) is 1. The first-order valence-electron chi connectivity index (χ1n) is 6.71. The largest absolute Gasteiger partial charge is 0.481 e. The van der Waals surface area contributed by atoms with Crippen LogP contribution < -0.4 is 5.32 Å². The zero-order chi connectivity index (χ0) is 16.6. The first kappa shape index (κ1) is 18.5.